The van der Waals surface area contributed by atoms with Crippen LogP contribution < -0.4 is 5.73 Å². The highest BCUT2D eigenvalue weighted by Gasteiger charge is 2.14. The number of thioether (sulfide) groups is 1. The van der Waals surface area contributed by atoms with Gasteiger partial charge in [0.1, 0.15) is 0 Å². The lowest BCUT2D eigenvalue weighted by Gasteiger charge is -1.99. The van der Waals surface area contributed by atoms with Crippen LogP contribution in [-0.4, -0.2) is 20.0 Å². The minimum Gasteiger partial charge on any atom is -0.374 e. The van der Waals surface area contributed by atoms with Gasteiger partial charge in [0.05, 0.1) is 16.4 Å². The molecular weight excluding hydrogens is 278 g/mol. The van der Waals surface area contributed by atoms with E-state index in [0.717, 1.165) is 32.9 Å². The first kappa shape index (κ1) is 12.7. The number of aryl methyl sites for hydroxylation is 2. The molecule has 0 aliphatic carbocycles. The van der Waals surface area contributed by atoms with Gasteiger partial charge in [-0.3, -0.25) is 4.68 Å². The molecule has 8 heteroatoms. The summed E-state index contributed by atoms with van der Waals surface area (Å²) in [5.41, 5.74) is 7.46. The minimum atomic E-state index is 0.484. The van der Waals surface area contributed by atoms with Crippen molar-refractivity contribution >= 4 is 39.8 Å². The summed E-state index contributed by atoms with van der Waals surface area (Å²) in [6, 6.07) is 0. The molecule has 0 aromatic carbocycles. The molecule has 92 valence electrons. The number of nitrogens with zero attached hydrogens (tertiary/aromatic N) is 4. The Morgan fingerprint density at radius 1 is 1.47 bits per heavy atom. The first-order valence-corrected chi connectivity index (χ1v) is 7.21. The van der Waals surface area contributed by atoms with Gasteiger partial charge in [0.15, 0.2) is 4.34 Å². The van der Waals surface area contributed by atoms with Gasteiger partial charge in [-0.15, -0.1) is 10.2 Å². The lowest BCUT2D eigenvalue weighted by molar-refractivity contribution is 0.720. The van der Waals surface area contributed by atoms with Crippen molar-refractivity contribution in [2.75, 3.05) is 5.73 Å². The molecule has 0 aliphatic rings. The lowest BCUT2D eigenvalue weighted by Crippen LogP contribution is -1.96. The second-order valence-electron chi connectivity index (χ2n) is 3.38. The number of hydrogen-bond acceptors (Lipinski definition) is 6. The van der Waals surface area contributed by atoms with Crippen LogP contribution in [0.15, 0.2) is 4.34 Å². The van der Waals surface area contributed by atoms with Crippen molar-refractivity contribution in [1.29, 1.82) is 0 Å². The van der Waals surface area contributed by atoms with Crippen LogP contribution in [0.3, 0.4) is 0 Å². The van der Waals surface area contributed by atoms with E-state index in [1.165, 1.54) is 11.3 Å². The Balaban J connectivity index is 2.11. The Hall–Kier alpha value is -0.790. The van der Waals surface area contributed by atoms with E-state index in [0.29, 0.717) is 5.13 Å². The predicted molar refractivity (Wildman–Crippen MR) is 71.5 cm³/mol. The molecule has 0 aliphatic heterocycles. The molecule has 0 unspecified atom stereocenters. The highest BCUT2D eigenvalue weighted by atomic mass is 35.5. The van der Waals surface area contributed by atoms with Crippen LogP contribution in [0, 0.1) is 0 Å². The zero-order valence-corrected chi connectivity index (χ0v) is 11.9. The van der Waals surface area contributed by atoms with E-state index < -0.39 is 0 Å². The number of halogens is 1. The molecule has 0 amide bonds. The molecule has 5 nitrogen and oxygen atoms in total. The fourth-order valence-corrected chi connectivity index (χ4v) is 3.53. The van der Waals surface area contributed by atoms with Crippen molar-refractivity contribution in [3.63, 3.8) is 0 Å². The summed E-state index contributed by atoms with van der Waals surface area (Å²) >= 11 is 9.19. The van der Waals surface area contributed by atoms with E-state index >= 15 is 0 Å². The zero-order chi connectivity index (χ0) is 12.4. The van der Waals surface area contributed by atoms with Crippen molar-refractivity contribution in [3.05, 3.63) is 16.4 Å². The van der Waals surface area contributed by atoms with Crippen molar-refractivity contribution in [1.82, 2.24) is 20.0 Å². The van der Waals surface area contributed by atoms with Crippen LogP contribution in [0.4, 0.5) is 5.13 Å². The van der Waals surface area contributed by atoms with Gasteiger partial charge in [-0.05, 0) is 6.42 Å². The number of anilines is 1. The summed E-state index contributed by atoms with van der Waals surface area (Å²) in [4.78, 5) is 0. The molecule has 0 bridgehead atoms. The highest BCUT2D eigenvalue weighted by molar-refractivity contribution is 8.00. The third kappa shape index (κ3) is 2.72. The molecule has 0 radical (unpaired) electrons. The SMILES string of the molecule is CCc1nn(C)c(CSc2nnc(N)s2)c1Cl. The third-order valence-corrected chi connectivity index (χ3v) is 4.59. The monoisotopic (exact) mass is 289 g/mol. The summed E-state index contributed by atoms with van der Waals surface area (Å²) in [6.45, 7) is 2.04. The Labute approximate surface area is 112 Å². The van der Waals surface area contributed by atoms with Gasteiger partial charge in [0.2, 0.25) is 5.13 Å². The molecule has 17 heavy (non-hydrogen) atoms. The third-order valence-electron chi connectivity index (χ3n) is 2.26. The van der Waals surface area contributed by atoms with Gasteiger partial charge in [0, 0.05) is 12.8 Å². The molecule has 0 saturated carbocycles. The van der Waals surface area contributed by atoms with E-state index in [2.05, 4.69) is 15.3 Å². The van der Waals surface area contributed by atoms with Crippen molar-refractivity contribution in [3.8, 4) is 0 Å². The largest absolute Gasteiger partial charge is 0.374 e. The highest BCUT2D eigenvalue weighted by Crippen LogP contribution is 2.30. The second kappa shape index (κ2) is 5.24. The standard InChI is InChI=1S/C9H12ClN5S2/c1-3-5-7(10)6(15(2)14-5)4-16-9-13-12-8(11)17-9/h3-4H2,1-2H3,(H2,11,12). The zero-order valence-electron chi connectivity index (χ0n) is 9.47. The average Bonchev–Trinajstić information content (AvgIpc) is 2.82. The molecule has 2 aromatic heterocycles. The molecule has 2 heterocycles. The summed E-state index contributed by atoms with van der Waals surface area (Å²) in [7, 11) is 1.90. The van der Waals surface area contributed by atoms with Crippen molar-refractivity contribution < 1.29 is 0 Å². The number of rotatable bonds is 4. The maximum Gasteiger partial charge on any atom is 0.203 e. The van der Waals surface area contributed by atoms with Crippen LogP contribution >= 0.6 is 34.7 Å². The van der Waals surface area contributed by atoms with Crippen LogP contribution in [0.5, 0.6) is 0 Å². The quantitative estimate of drug-likeness (QED) is 0.875. The lowest BCUT2D eigenvalue weighted by atomic mass is 10.3. The van der Waals surface area contributed by atoms with Crippen LogP contribution in [0.25, 0.3) is 0 Å². The van der Waals surface area contributed by atoms with E-state index in [9.17, 15) is 0 Å². The average molecular weight is 290 g/mol. The molecule has 0 saturated heterocycles. The van der Waals surface area contributed by atoms with Crippen LogP contribution in [-0.2, 0) is 19.2 Å². The number of aromatic nitrogens is 4. The Kier molecular flexibility index (Phi) is 3.90. The molecule has 2 rings (SSSR count). The summed E-state index contributed by atoms with van der Waals surface area (Å²) in [5, 5.41) is 13.3. The predicted octanol–water partition coefficient (Wildman–Crippen LogP) is 2.36. The minimum absolute atomic E-state index is 0.484. The van der Waals surface area contributed by atoms with E-state index in [4.69, 9.17) is 17.3 Å². The second-order valence-corrected chi connectivity index (χ2v) is 5.99. The van der Waals surface area contributed by atoms with Crippen LogP contribution in [0.1, 0.15) is 18.3 Å². The molecule has 0 atom stereocenters. The fraction of sp³-hybridized carbons (Fsp3) is 0.444. The summed E-state index contributed by atoms with van der Waals surface area (Å²) in [5.74, 6) is 0.719. The van der Waals surface area contributed by atoms with E-state index in [1.807, 2.05) is 18.7 Å². The maximum atomic E-state index is 6.25. The van der Waals surface area contributed by atoms with Gasteiger partial charge in [-0.1, -0.05) is 41.6 Å². The van der Waals surface area contributed by atoms with Gasteiger partial charge in [-0.25, -0.2) is 0 Å². The van der Waals surface area contributed by atoms with Gasteiger partial charge in [-0.2, -0.15) is 5.10 Å². The van der Waals surface area contributed by atoms with Gasteiger partial charge < -0.3 is 5.73 Å². The molecular formula is C9H12ClN5S2. The topological polar surface area (TPSA) is 69.6 Å². The molecule has 2 aromatic rings. The molecule has 2 N–H and O–H groups in total. The van der Waals surface area contributed by atoms with E-state index in [1.54, 1.807) is 11.8 Å². The first-order chi connectivity index (χ1) is 8.11. The van der Waals surface area contributed by atoms with Gasteiger partial charge >= 0.3 is 0 Å². The Bertz CT molecular complexity index is 521. The summed E-state index contributed by atoms with van der Waals surface area (Å²) in [6.07, 6.45) is 0.836. The van der Waals surface area contributed by atoms with Crippen molar-refractivity contribution in [2.24, 2.45) is 7.05 Å². The summed E-state index contributed by atoms with van der Waals surface area (Å²) < 4.78 is 2.66. The first-order valence-electron chi connectivity index (χ1n) is 5.03. The fourth-order valence-electron chi connectivity index (χ4n) is 1.39. The molecule has 0 spiro atoms. The number of hydrogen-bond donors (Lipinski definition) is 1. The van der Waals surface area contributed by atoms with Gasteiger partial charge in [0.25, 0.3) is 0 Å². The Morgan fingerprint density at radius 3 is 2.76 bits per heavy atom. The smallest absolute Gasteiger partial charge is 0.203 e. The number of nitrogen functional groups attached to an aromatic ring is 1. The van der Waals surface area contributed by atoms with Crippen LogP contribution in [0.2, 0.25) is 5.02 Å². The normalized spacial score (nSPS) is 11.0. The number of nitrogens with two attached hydrogens (primary N) is 1. The Morgan fingerprint density at radius 2 is 2.24 bits per heavy atom. The molecule has 0 fully saturated rings. The van der Waals surface area contributed by atoms with E-state index in [-0.39, 0.29) is 0 Å². The maximum absolute atomic E-state index is 6.25. The van der Waals surface area contributed by atoms with Crippen molar-refractivity contribution in [2.45, 2.75) is 23.4 Å².